The van der Waals surface area contributed by atoms with Crippen molar-refractivity contribution in [3.8, 4) is 0 Å². The summed E-state index contributed by atoms with van der Waals surface area (Å²) >= 11 is 0. The van der Waals surface area contributed by atoms with E-state index in [2.05, 4.69) is 4.72 Å². The Bertz CT molecular complexity index is 515. The molecule has 0 aromatic heterocycles. The zero-order valence-corrected chi connectivity index (χ0v) is 11.6. The molecule has 6 heteroatoms. The lowest BCUT2D eigenvalue weighted by atomic mass is 10.0. The number of anilines is 1. The molecule has 0 amide bonds. The summed E-state index contributed by atoms with van der Waals surface area (Å²) in [5.41, 5.74) is 5.59. The second kappa shape index (κ2) is 5.67. The average molecular weight is 274 g/mol. The van der Waals surface area contributed by atoms with Crippen LogP contribution >= 0.6 is 0 Å². The van der Waals surface area contributed by atoms with Crippen LogP contribution in [0.25, 0.3) is 0 Å². The van der Waals surface area contributed by atoms with Gasteiger partial charge in [-0.1, -0.05) is 20.8 Å². The highest BCUT2D eigenvalue weighted by atomic mass is 32.2. The second-order valence-corrected chi connectivity index (χ2v) is 6.25. The van der Waals surface area contributed by atoms with Crippen molar-refractivity contribution in [3.05, 3.63) is 24.0 Å². The number of nitrogens with two attached hydrogens (primary N) is 1. The van der Waals surface area contributed by atoms with Crippen LogP contribution in [0.3, 0.4) is 0 Å². The molecule has 4 nitrogen and oxygen atoms in total. The molecular formula is C12H19FN2O2S. The third kappa shape index (κ3) is 3.43. The Labute approximate surface area is 107 Å². The first-order valence-electron chi connectivity index (χ1n) is 5.85. The van der Waals surface area contributed by atoms with Gasteiger partial charge in [-0.05, 0) is 30.5 Å². The minimum atomic E-state index is -3.84. The van der Waals surface area contributed by atoms with E-state index in [1.807, 2.05) is 20.8 Å². The molecule has 0 aliphatic heterocycles. The Morgan fingerprint density at radius 2 is 2.00 bits per heavy atom. The van der Waals surface area contributed by atoms with E-state index in [9.17, 15) is 12.8 Å². The summed E-state index contributed by atoms with van der Waals surface area (Å²) in [7, 11) is -3.84. The highest BCUT2D eigenvalue weighted by Gasteiger charge is 2.23. The molecule has 0 heterocycles. The van der Waals surface area contributed by atoms with Crippen LogP contribution in [-0.2, 0) is 10.0 Å². The maximum atomic E-state index is 13.6. The molecule has 0 aliphatic rings. The molecule has 1 unspecified atom stereocenters. The zero-order chi connectivity index (χ0) is 13.9. The average Bonchev–Trinajstić information content (AvgIpc) is 2.24. The Morgan fingerprint density at radius 3 is 2.44 bits per heavy atom. The molecule has 0 bridgehead atoms. The lowest BCUT2D eigenvalue weighted by molar-refractivity contribution is 0.435. The summed E-state index contributed by atoms with van der Waals surface area (Å²) in [5, 5.41) is 0. The third-order valence-corrected chi connectivity index (χ3v) is 4.32. The van der Waals surface area contributed by atoms with E-state index < -0.39 is 15.8 Å². The van der Waals surface area contributed by atoms with E-state index in [0.29, 0.717) is 6.42 Å². The van der Waals surface area contributed by atoms with Gasteiger partial charge in [0.05, 0.1) is 0 Å². The molecule has 102 valence electrons. The molecule has 1 rings (SSSR count). The minimum absolute atomic E-state index is 0.140. The summed E-state index contributed by atoms with van der Waals surface area (Å²) in [6.07, 6.45) is 0.646. The zero-order valence-electron chi connectivity index (χ0n) is 10.8. The topological polar surface area (TPSA) is 72.2 Å². The Kier molecular flexibility index (Phi) is 4.70. The quantitative estimate of drug-likeness (QED) is 0.808. The normalized spacial score (nSPS) is 13.8. The van der Waals surface area contributed by atoms with Crippen LogP contribution < -0.4 is 10.5 Å². The summed E-state index contributed by atoms with van der Waals surface area (Å²) in [6.45, 7) is 5.71. The summed E-state index contributed by atoms with van der Waals surface area (Å²) < 4.78 is 40.2. The van der Waals surface area contributed by atoms with Crippen LogP contribution in [0.2, 0.25) is 0 Å². The summed E-state index contributed by atoms with van der Waals surface area (Å²) in [4.78, 5) is -0.365. The van der Waals surface area contributed by atoms with Crippen LogP contribution in [0, 0.1) is 11.7 Å². The summed E-state index contributed by atoms with van der Waals surface area (Å²) in [6, 6.07) is 3.34. The van der Waals surface area contributed by atoms with Gasteiger partial charge in [0.25, 0.3) is 0 Å². The van der Waals surface area contributed by atoms with Gasteiger partial charge in [0.2, 0.25) is 10.0 Å². The molecule has 3 N–H and O–H groups in total. The molecule has 1 atom stereocenters. The van der Waals surface area contributed by atoms with Crippen molar-refractivity contribution in [2.75, 3.05) is 5.73 Å². The summed E-state index contributed by atoms with van der Waals surface area (Å²) in [5.74, 6) is -0.692. The van der Waals surface area contributed by atoms with Crippen molar-refractivity contribution < 1.29 is 12.8 Å². The first-order valence-corrected chi connectivity index (χ1v) is 7.33. The molecule has 0 saturated carbocycles. The first-order chi connectivity index (χ1) is 8.27. The van der Waals surface area contributed by atoms with E-state index in [-0.39, 0.29) is 22.5 Å². The van der Waals surface area contributed by atoms with Crippen molar-refractivity contribution in [2.24, 2.45) is 5.92 Å². The van der Waals surface area contributed by atoms with Crippen LogP contribution in [-0.4, -0.2) is 14.5 Å². The fraction of sp³-hybridized carbons (Fsp3) is 0.500. The Hall–Kier alpha value is -1.14. The lowest BCUT2D eigenvalue weighted by Crippen LogP contribution is -2.38. The van der Waals surface area contributed by atoms with Crippen molar-refractivity contribution in [3.63, 3.8) is 0 Å². The van der Waals surface area contributed by atoms with Gasteiger partial charge in [-0.25, -0.2) is 17.5 Å². The largest absolute Gasteiger partial charge is 0.399 e. The molecule has 18 heavy (non-hydrogen) atoms. The van der Waals surface area contributed by atoms with Crippen LogP contribution in [0.1, 0.15) is 27.2 Å². The fourth-order valence-electron chi connectivity index (χ4n) is 1.69. The molecule has 0 fully saturated rings. The highest BCUT2D eigenvalue weighted by Crippen LogP contribution is 2.18. The van der Waals surface area contributed by atoms with E-state index in [4.69, 9.17) is 5.73 Å². The maximum absolute atomic E-state index is 13.6. The van der Waals surface area contributed by atoms with E-state index in [1.165, 1.54) is 12.1 Å². The van der Waals surface area contributed by atoms with Crippen molar-refractivity contribution in [2.45, 2.75) is 38.1 Å². The number of hydrogen-bond donors (Lipinski definition) is 2. The highest BCUT2D eigenvalue weighted by molar-refractivity contribution is 7.89. The first kappa shape index (κ1) is 14.9. The smallest absolute Gasteiger partial charge is 0.243 e. The van der Waals surface area contributed by atoms with Gasteiger partial charge < -0.3 is 5.73 Å². The van der Waals surface area contributed by atoms with Crippen LogP contribution in [0.4, 0.5) is 10.1 Å². The van der Waals surface area contributed by atoms with Crippen molar-refractivity contribution in [1.29, 1.82) is 0 Å². The third-order valence-electron chi connectivity index (χ3n) is 2.80. The van der Waals surface area contributed by atoms with Crippen molar-refractivity contribution >= 4 is 15.7 Å². The van der Waals surface area contributed by atoms with E-state index in [1.54, 1.807) is 0 Å². The van der Waals surface area contributed by atoms with Crippen LogP contribution in [0.15, 0.2) is 23.1 Å². The number of nitrogen functional groups attached to an aromatic ring is 1. The second-order valence-electron chi connectivity index (χ2n) is 4.57. The molecule has 0 radical (unpaired) electrons. The van der Waals surface area contributed by atoms with Gasteiger partial charge in [0.1, 0.15) is 10.7 Å². The minimum Gasteiger partial charge on any atom is -0.399 e. The SMILES string of the molecule is CCC(NS(=O)(=O)c1ccc(N)cc1F)C(C)C. The standard InChI is InChI=1S/C12H19FN2O2S/c1-4-11(8(2)3)15-18(16,17)12-6-5-9(14)7-10(12)13/h5-8,11,15H,4,14H2,1-3H3. The van der Waals surface area contributed by atoms with Gasteiger partial charge >= 0.3 is 0 Å². The molecule has 1 aromatic carbocycles. The monoisotopic (exact) mass is 274 g/mol. The molecular weight excluding hydrogens is 255 g/mol. The van der Waals surface area contributed by atoms with Crippen molar-refractivity contribution in [1.82, 2.24) is 4.72 Å². The number of halogens is 1. The Balaban J connectivity index is 3.06. The van der Waals surface area contributed by atoms with Gasteiger partial charge in [-0.2, -0.15) is 0 Å². The van der Waals surface area contributed by atoms with E-state index in [0.717, 1.165) is 6.07 Å². The lowest BCUT2D eigenvalue weighted by Gasteiger charge is -2.20. The fourth-order valence-corrected chi connectivity index (χ4v) is 3.22. The van der Waals surface area contributed by atoms with Gasteiger partial charge in [-0.3, -0.25) is 0 Å². The molecule has 1 aromatic rings. The number of sulfonamides is 1. The number of rotatable bonds is 5. The predicted molar refractivity (Wildman–Crippen MR) is 70.1 cm³/mol. The Morgan fingerprint density at radius 1 is 1.39 bits per heavy atom. The van der Waals surface area contributed by atoms with Crippen LogP contribution in [0.5, 0.6) is 0 Å². The number of benzene rings is 1. The molecule has 0 spiro atoms. The van der Waals surface area contributed by atoms with E-state index >= 15 is 0 Å². The maximum Gasteiger partial charge on any atom is 0.243 e. The number of hydrogen-bond acceptors (Lipinski definition) is 3. The molecule has 0 saturated heterocycles. The van der Waals surface area contributed by atoms with Gasteiger partial charge in [0, 0.05) is 11.7 Å². The van der Waals surface area contributed by atoms with Gasteiger partial charge in [0.15, 0.2) is 0 Å². The predicted octanol–water partition coefficient (Wildman–Crippen LogP) is 2.12. The molecule has 0 aliphatic carbocycles. The number of nitrogens with one attached hydrogen (secondary N) is 1. The van der Waals surface area contributed by atoms with Gasteiger partial charge in [-0.15, -0.1) is 0 Å².